The van der Waals surface area contributed by atoms with Crippen molar-refractivity contribution < 1.29 is 19.4 Å². The largest absolute Gasteiger partial charge is 0.504 e. The van der Waals surface area contributed by atoms with Gasteiger partial charge in [0.2, 0.25) is 5.91 Å². The number of ether oxygens (including phenoxy) is 1. The molecule has 1 fully saturated rings. The van der Waals surface area contributed by atoms with E-state index in [0.717, 1.165) is 22.2 Å². The van der Waals surface area contributed by atoms with Crippen molar-refractivity contribution in [3.05, 3.63) is 59.3 Å². The van der Waals surface area contributed by atoms with Crippen molar-refractivity contribution in [1.29, 1.82) is 0 Å². The Morgan fingerprint density at radius 2 is 2.03 bits per heavy atom. The molecule has 5 rings (SSSR count). The highest BCUT2D eigenvalue weighted by atomic mass is 16.5. The lowest BCUT2D eigenvalue weighted by Crippen LogP contribution is -2.65. The van der Waals surface area contributed by atoms with Crippen LogP contribution in [0.1, 0.15) is 23.7 Å². The maximum atomic E-state index is 13.6. The quantitative estimate of drug-likeness (QED) is 0.638. The van der Waals surface area contributed by atoms with Gasteiger partial charge in [-0.15, -0.1) is 0 Å². The fraction of sp³-hybridized carbons (Fsp3) is 0.261. The first kappa shape index (κ1) is 19.2. The van der Waals surface area contributed by atoms with Gasteiger partial charge in [-0.3, -0.25) is 9.59 Å². The smallest absolute Gasteiger partial charge is 0.275 e. The molecule has 3 heterocycles. The monoisotopic (exact) mass is 418 g/mol. The summed E-state index contributed by atoms with van der Waals surface area (Å²) < 4.78 is 5.11. The van der Waals surface area contributed by atoms with E-state index >= 15 is 0 Å². The highest BCUT2D eigenvalue weighted by Gasteiger charge is 2.54. The summed E-state index contributed by atoms with van der Waals surface area (Å²) in [6.45, 7) is 2.16. The number of phenolic OH excluding ortho intramolecular Hbond substituents is 1. The summed E-state index contributed by atoms with van der Waals surface area (Å²) in [5.74, 6) is -0.0906. The van der Waals surface area contributed by atoms with Gasteiger partial charge >= 0.3 is 0 Å². The zero-order chi connectivity index (χ0) is 21.8. The van der Waals surface area contributed by atoms with E-state index in [2.05, 4.69) is 10.1 Å². The van der Waals surface area contributed by atoms with Gasteiger partial charge in [-0.25, -0.2) is 5.01 Å². The van der Waals surface area contributed by atoms with Crippen LogP contribution in [0.2, 0.25) is 0 Å². The summed E-state index contributed by atoms with van der Waals surface area (Å²) in [5.41, 5.74) is 2.27. The zero-order valence-corrected chi connectivity index (χ0v) is 17.3. The lowest BCUT2D eigenvalue weighted by Gasteiger charge is -2.48. The molecule has 1 atom stereocenters. The fourth-order valence-electron chi connectivity index (χ4n) is 4.59. The van der Waals surface area contributed by atoms with E-state index in [1.165, 1.54) is 24.4 Å². The molecule has 2 amide bonds. The number of phenols is 1. The number of amides is 2. The van der Waals surface area contributed by atoms with E-state index in [-0.39, 0.29) is 24.1 Å². The first-order valence-corrected chi connectivity index (χ1v) is 10.1. The molecule has 0 spiro atoms. The minimum Gasteiger partial charge on any atom is -0.504 e. The van der Waals surface area contributed by atoms with Crippen LogP contribution in [-0.2, 0) is 21.5 Å². The first-order chi connectivity index (χ1) is 14.9. The molecule has 2 aromatic carbocycles. The number of rotatable bonds is 3. The standard InChI is InChI=1S/C23H22N4O4/c1-23-21-16(15-5-3-4-6-17(15)25-21)9-10-26(23)20(29)13-27(22(23)30)24-12-14-7-8-18(28)19(11-14)31-2/h3-8,11-12,25,28H,9-10,13H2,1-2H3/b24-12+. The van der Waals surface area contributed by atoms with Crippen molar-refractivity contribution in [2.24, 2.45) is 5.10 Å². The van der Waals surface area contributed by atoms with Crippen LogP contribution >= 0.6 is 0 Å². The molecule has 0 aliphatic carbocycles. The van der Waals surface area contributed by atoms with Crippen LogP contribution in [0.4, 0.5) is 0 Å². The van der Waals surface area contributed by atoms with Crippen molar-refractivity contribution in [1.82, 2.24) is 14.9 Å². The van der Waals surface area contributed by atoms with E-state index in [0.29, 0.717) is 24.3 Å². The van der Waals surface area contributed by atoms with E-state index < -0.39 is 5.54 Å². The van der Waals surface area contributed by atoms with E-state index in [4.69, 9.17) is 4.74 Å². The summed E-state index contributed by atoms with van der Waals surface area (Å²) in [7, 11) is 1.46. The van der Waals surface area contributed by atoms with E-state index in [1.54, 1.807) is 24.0 Å². The second-order valence-corrected chi connectivity index (χ2v) is 7.93. The van der Waals surface area contributed by atoms with Crippen LogP contribution in [-0.4, -0.2) is 58.2 Å². The Hall–Kier alpha value is -3.81. The number of nitrogens with one attached hydrogen (secondary N) is 1. The topological polar surface area (TPSA) is 98.2 Å². The van der Waals surface area contributed by atoms with Crippen molar-refractivity contribution in [2.75, 3.05) is 20.2 Å². The summed E-state index contributed by atoms with van der Waals surface area (Å²) in [6.07, 6.45) is 2.19. The number of H-pyrrole nitrogens is 1. The molecule has 0 bridgehead atoms. The number of para-hydroxylation sites is 1. The molecule has 8 heteroatoms. The minimum absolute atomic E-state index is 0.0144. The second kappa shape index (κ2) is 6.87. The Balaban J connectivity index is 1.53. The molecule has 1 saturated heterocycles. The van der Waals surface area contributed by atoms with Gasteiger partial charge in [-0.2, -0.15) is 5.10 Å². The highest BCUT2D eigenvalue weighted by molar-refractivity contribution is 6.01. The van der Waals surface area contributed by atoms with Gasteiger partial charge in [-0.1, -0.05) is 18.2 Å². The Morgan fingerprint density at radius 3 is 2.84 bits per heavy atom. The minimum atomic E-state index is -1.15. The number of fused-ring (bicyclic) bond motifs is 5. The van der Waals surface area contributed by atoms with Crippen molar-refractivity contribution in [3.63, 3.8) is 0 Å². The number of aromatic hydroxyl groups is 1. The molecule has 1 unspecified atom stereocenters. The van der Waals surface area contributed by atoms with E-state index in [1.807, 2.05) is 24.3 Å². The summed E-state index contributed by atoms with van der Waals surface area (Å²) >= 11 is 0. The molecule has 2 aliphatic heterocycles. The first-order valence-electron chi connectivity index (χ1n) is 10.1. The Kier molecular flexibility index (Phi) is 4.25. The van der Waals surface area contributed by atoms with Crippen LogP contribution in [0.15, 0.2) is 47.6 Å². The van der Waals surface area contributed by atoms with Gasteiger partial charge in [0.05, 0.1) is 19.0 Å². The molecule has 2 aliphatic rings. The van der Waals surface area contributed by atoms with Gasteiger partial charge < -0.3 is 19.7 Å². The van der Waals surface area contributed by atoms with Gasteiger partial charge in [0.25, 0.3) is 5.91 Å². The maximum Gasteiger partial charge on any atom is 0.275 e. The van der Waals surface area contributed by atoms with Crippen molar-refractivity contribution in [3.8, 4) is 11.5 Å². The van der Waals surface area contributed by atoms with Crippen LogP contribution in [0.5, 0.6) is 11.5 Å². The summed E-state index contributed by atoms with van der Waals surface area (Å²) in [4.78, 5) is 31.6. The average Bonchev–Trinajstić information content (AvgIpc) is 3.16. The van der Waals surface area contributed by atoms with Crippen LogP contribution < -0.4 is 4.74 Å². The molecule has 3 aromatic rings. The third-order valence-corrected chi connectivity index (χ3v) is 6.21. The maximum absolute atomic E-state index is 13.6. The Labute approximate surface area is 178 Å². The van der Waals surface area contributed by atoms with Crippen molar-refractivity contribution >= 4 is 28.9 Å². The molecule has 8 nitrogen and oxygen atoms in total. The number of piperazine rings is 1. The van der Waals surface area contributed by atoms with E-state index in [9.17, 15) is 14.7 Å². The molecule has 1 aromatic heterocycles. The normalized spacial score (nSPS) is 21.0. The lowest BCUT2D eigenvalue weighted by atomic mass is 9.83. The molecule has 2 N–H and O–H groups in total. The number of aromatic nitrogens is 1. The summed E-state index contributed by atoms with van der Waals surface area (Å²) in [6, 6.07) is 12.7. The molecule has 0 saturated carbocycles. The predicted molar refractivity (Wildman–Crippen MR) is 115 cm³/mol. The number of hydrazone groups is 1. The summed E-state index contributed by atoms with van der Waals surface area (Å²) in [5, 5.41) is 16.4. The number of methoxy groups -OCH3 is 1. The van der Waals surface area contributed by atoms with Gasteiger partial charge in [0.1, 0.15) is 6.54 Å². The molecular weight excluding hydrogens is 396 g/mol. The predicted octanol–water partition coefficient (Wildman–Crippen LogP) is 2.36. The fourth-order valence-corrected chi connectivity index (χ4v) is 4.59. The Bertz CT molecular complexity index is 1250. The zero-order valence-electron chi connectivity index (χ0n) is 17.3. The number of carbonyl (C=O) groups is 2. The lowest BCUT2D eigenvalue weighted by molar-refractivity contribution is -0.165. The SMILES string of the molecule is COc1cc(/C=N/N2CC(=O)N3CCc4c([nH]c5ccccc45)C3(C)C2=O)ccc1O. The number of aromatic amines is 1. The molecule has 158 valence electrons. The molecule has 0 radical (unpaired) electrons. The molecular formula is C23H22N4O4. The third-order valence-electron chi connectivity index (χ3n) is 6.21. The number of nitrogens with zero attached hydrogens (tertiary/aromatic N) is 3. The molecule has 31 heavy (non-hydrogen) atoms. The van der Waals surface area contributed by atoms with Gasteiger partial charge in [-0.05, 0) is 48.7 Å². The van der Waals surface area contributed by atoms with Gasteiger partial charge in [0, 0.05) is 17.4 Å². The van der Waals surface area contributed by atoms with Crippen molar-refractivity contribution in [2.45, 2.75) is 18.9 Å². The van der Waals surface area contributed by atoms with Crippen LogP contribution in [0.3, 0.4) is 0 Å². The second-order valence-electron chi connectivity index (χ2n) is 7.93. The number of hydrogen-bond donors (Lipinski definition) is 2. The number of carbonyl (C=O) groups excluding carboxylic acids is 2. The average molecular weight is 418 g/mol. The van der Waals surface area contributed by atoms with Crippen LogP contribution in [0, 0.1) is 0 Å². The van der Waals surface area contributed by atoms with Gasteiger partial charge in [0.15, 0.2) is 17.0 Å². The number of benzene rings is 2. The highest BCUT2D eigenvalue weighted by Crippen LogP contribution is 2.42. The Morgan fingerprint density at radius 1 is 1.23 bits per heavy atom. The van der Waals surface area contributed by atoms with Crippen LogP contribution in [0.25, 0.3) is 10.9 Å². The number of hydrogen-bond acceptors (Lipinski definition) is 5. The third kappa shape index (κ3) is 2.78.